The van der Waals surface area contributed by atoms with Crippen LogP contribution in [0.25, 0.3) is 0 Å². The van der Waals surface area contributed by atoms with Crippen LogP contribution >= 0.6 is 24.8 Å². The first-order valence-electron chi connectivity index (χ1n) is 7.23. The number of allylic oxidation sites excluding steroid dienone is 8. The summed E-state index contributed by atoms with van der Waals surface area (Å²) in [6, 6.07) is 0. The van der Waals surface area contributed by atoms with Crippen LogP contribution in [0.3, 0.4) is 0 Å². The number of hydrogen-bond donors (Lipinski definition) is 0. The summed E-state index contributed by atoms with van der Waals surface area (Å²) in [6.45, 7) is 17.3. The normalized spacial score (nSPS) is 21.4. The summed E-state index contributed by atoms with van der Waals surface area (Å²) in [6.07, 6.45) is 11.2. The Kier molecular flexibility index (Phi) is 17.2. The van der Waals surface area contributed by atoms with Crippen LogP contribution in [0.15, 0.2) is 34.4 Å². The van der Waals surface area contributed by atoms with E-state index in [0.717, 1.165) is 0 Å². The molecule has 22 heavy (non-hydrogen) atoms. The van der Waals surface area contributed by atoms with Gasteiger partial charge in [-0.05, 0) is 0 Å². The maximum absolute atomic E-state index is 3.29. The van der Waals surface area contributed by atoms with E-state index >= 15 is 0 Å². The predicted molar refractivity (Wildman–Crippen MR) is 103 cm³/mol. The van der Waals surface area contributed by atoms with Crippen LogP contribution in [-0.4, -0.2) is 6.19 Å². The van der Waals surface area contributed by atoms with Crippen LogP contribution in [0, 0.1) is 24.0 Å². The van der Waals surface area contributed by atoms with Gasteiger partial charge in [-0.15, -0.1) is 38.7 Å². The zero-order valence-corrected chi connectivity index (χ0v) is 19.3. The summed E-state index contributed by atoms with van der Waals surface area (Å²) in [4.78, 5) is 0. The molecule has 0 aliphatic heterocycles. The Morgan fingerprint density at radius 3 is 1.09 bits per heavy atom. The Morgan fingerprint density at radius 2 is 1.05 bits per heavy atom. The van der Waals surface area contributed by atoms with Crippen LogP contribution in [0.4, 0.5) is 0 Å². The maximum Gasteiger partial charge on any atom is -0.147 e. The number of halogens is 2. The van der Waals surface area contributed by atoms with Crippen LogP contribution in [0.2, 0.25) is 13.1 Å². The molecule has 0 aromatic heterocycles. The van der Waals surface area contributed by atoms with E-state index in [9.17, 15) is 0 Å². The van der Waals surface area contributed by atoms with Gasteiger partial charge < -0.3 is 0 Å². The van der Waals surface area contributed by atoms with Gasteiger partial charge in [-0.3, -0.25) is 12.2 Å². The Balaban J connectivity index is -0.000000249. The van der Waals surface area contributed by atoms with Gasteiger partial charge in [0.05, 0.1) is 0 Å². The average Bonchev–Trinajstić information content (AvgIpc) is 2.70. The quantitative estimate of drug-likeness (QED) is 0.335. The van der Waals surface area contributed by atoms with Crippen molar-refractivity contribution in [3.63, 3.8) is 0 Å². The van der Waals surface area contributed by atoms with Gasteiger partial charge in [-0.2, -0.15) is 12.2 Å². The van der Waals surface area contributed by atoms with Gasteiger partial charge in [0.15, 0.2) is 0 Å². The molecule has 4 heteroatoms. The first-order chi connectivity index (χ1) is 9.13. The molecule has 0 N–H and O–H groups in total. The van der Waals surface area contributed by atoms with Gasteiger partial charge in [0.25, 0.3) is 0 Å². The fourth-order valence-corrected chi connectivity index (χ4v) is 1.99. The molecule has 2 unspecified atom stereocenters. The van der Waals surface area contributed by atoms with Crippen molar-refractivity contribution in [1.82, 2.24) is 0 Å². The molecule has 2 rings (SSSR count). The third-order valence-corrected chi connectivity index (χ3v) is 3.07. The Bertz CT molecular complexity index is 395. The molecule has 124 valence electrons. The molecule has 0 nitrogen and oxygen atoms in total. The van der Waals surface area contributed by atoms with E-state index in [2.05, 4.69) is 98.1 Å². The SMILES string of the molecule is CC1=[C-]C(C)C=C1C.CC1=[C-]C(C)C=C1C.C[Si](C)=[Ti+2].Cl.Cl. The molecular formula is C18H30Cl2SiTi. The van der Waals surface area contributed by atoms with E-state index in [4.69, 9.17) is 0 Å². The smallest absolute Gasteiger partial charge is 0.147 e. The summed E-state index contributed by atoms with van der Waals surface area (Å²) in [7, 11) is 0. The molecule has 0 bridgehead atoms. The molecule has 0 amide bonds. The molecule has 0 aromatic rings. The van der Waals surface area contributed by atoms with E-state index in [1.807, 2.05) is 0 Å². The minimum Gasteiger partial charge on any atom is -0.147 e. The second-order valence-corrected chi connectivity index (χ2v) is 12.5. The molecule has 0 saturated heterocycles. The van der Waals surface area contributed by atoms with Gasteiger partial charge in [0.1, 0.15) is 0 Å². The first-order valence-corrected chi connectivity index (χ1v) is 12.1. The minimum atomic E-state index is 0. The number of rotatable bonds is 0. The standard InChI is InChI=1S/2C8H11.C2H6Si.2ClH.Ti/c2*1-6-4-7(2)8(3)5-6;1-3-2;;;/h2*4,6H,1-3H3;1-2H3;2*1H;/q2*-1;;;;+2. The van der Waals surface area contributed by atoms with Crippen molar-refractivity contribution in [2.45, 2.75) is 54.6 Å². The molecule has 0 saturated carbocycles. The van der Waals surface area contributed by atoms with E-state index in [1.165, 1.54) is 22.3 Å². The fraction of sp³-hybridized carbons (Fsp3) is 0.556. The third kappa shape index (κ3) is 13.0. The van der Waals surface area contributed by atoms with Crippen LogP contribution < -0.4 is 0 Å². The van der Waals surface area contributed by atoms with Crippen molar-refractivity contribution in [3.05, 3.63) is 46.6 Å². The van der Waals surface area contributed by atoms with E-state index in [1.54, 1.807) is 0 Å². The molecule has 0 spiro atoms. The second kappa shape index (κ2) is 13.9. The topological polar surface area (TPSA) is 0 Å². The fourth-order valence-electron chi connectivity index (χ4n) is 1.99. The van der Waals surface area contributed by atoms with Gasteiger partial charge in [-0.25, -0.2) is 22.3 Å². The van der Waals surface area contributed by atoms with Crippen molar-refractivity contribution in [2.24, 2.45) is 11.8 Å². The maximum atomic E-state index is 3.29. The van der Waals surface area contributed by atoms with E-state index < -0.39 is 0 Å². The molecule has 2 aliphatic rings. The van der Waals surface area contributed by atoms with Gasteiger partial charge >= 0.3 is 38.5 Å². The Labute approximate surface area is 162 Å². The van der Waals surface area contributed by atoms with E-state index in [0.29, 0.717) is 11.8 Å². The molecule has 2 atom stereocenters. The molecule has 2 aliphatic carbocycles. The summed E-state index contributed by atoms with van der Waals surface area (Å²) in [5, 5.41) is 0. The zero-order chi connectivity index (χ0) is 15.9. The predicted octanol–water partition coefficient (Wildman–Crippen LogP) is 6.29. The monoisotopic (exact) mass is 392 g/mol. The van der Waals surface area contributed by atoms with Crippen molar-refractivity contribution in [3.8, 4) is 0 Å². The van der Waals surface area contributed by atoms with Crippen LogP contribution in [-0.2, 0) is 19.2 Å². The van der Waals surface area contributed by atoms with Crippen molar-refractivity contribution < 1.29 is 19.2 Å². The largest absolute Gasteiger partial charge is 0.147 e. The Morgan fingerprint density at radius 1 is 0.818 bits per heavy atom. The molecule has 0 radical (unpaired) electrons. The molecule has 0 aromatic carbocycles. The summed E-state index contributed by atoms with van der Waals surface area (Å²) >= 11 is 2.27. The van der Waals surface area contributed by atoms with Gasteiger partial charge in [-0.1, -0.05) is 39.5 Å². The molecular weight excluding hydrogens is 363 g/mol. The molecule has 0 heterocycles. The van der Waals surface area contributed by atoms with Crippen molar-refractivity contribution >= 4 is 31.0 Å². The van der Waals surface area contributed by atoms with Crippen LogP contribution in [0.5, 0.6) is 0 Å². The summed E-state index contributed by atoms with van der Waals surface area (Å²) in [5.41, 5.74) is 5.41. The van der Waals surface area contributed by atoms with Crippen molar-refractivity contribution in [2.75, 3.05) is 0 Å². The second-order valence-electron chi connectivity index (χ2n) is 5.82. The first kappa shape index (κ1) is 27.3. The minimum absolute atomic E-state index is 0. The molecule has 0 fully saturated rings. The van der Waals surface area contributed by atoms with E-state index in [-0.39, 0.29) is 31.0 Å². The van der Waals surface area contributed by atoms with Gasteiger partial charge in [0, 0.05) is 0 Å². The van der Waals surface area contributed by atoms with Crippen molar-refractivity contribution in [1.29, 1.82) is 0 Å². The number of hydrogen-bond acceptors (Lipinski definition) is 0. The van der Waals surface area contributed by atoms with Crippen LogP contribution in [0.1, 0.15) is 41.5 Å². The zero-order valence-electron chi connectivity index (χ0n) is 15.1. The Hall–Kier alpha value is 0.471. The average molecular weight is 393 g/mol. The third-order valence-electron chi connectivity index (χ3n) is 3.07. The van der Waals surface area contributed by atoms with Gasteiger partial charge in [0.2, 0.25) is 0 Å². The summed E-state index contributed by atoms with van der Waals surface area (Å²) < 4.78 is 0. The summed E-state index contributed by atoms with van der Waals surface area (Å²) in [5.74, 6) is 1.10.